The third-order valence-electron chi connectivity index (χ3n) is 4.63. The lowest BCUT2D eigenvalue weighted by Gasteiger charge is -2.18. The normalized spacial score (nSPS) is 25.6. The van der Waals surface area contributed by atoms with E-state index in [1.54, 1.807) is 13.0 Å². The van der Waals surface area contributed by atoms with Gasteiger partial charge in [0.1, 0.15) is 11.8 Å². The van der Waals surface area contributed by atoms with Gasteiger partial charge in [-0.2, -0.15) is 0 Å². The molecule has 0 aromatic heterocycles. The lowest BCUT2D eigenvalue weighted by molar-refractivity contribution is -0.147. The fourth-order valence-corrected chi connectivity index (χ4v) is 3.84. The van der Waals surface area contributed by atoms with Gasteiger partial charge in [-0.1, -0.05) is 36.5 Å². The molecule has 3 rings (SSSR count). The molecule has 1 N–H and O–H groups in total. The Morgan fingerprint density at radius 3 is 2.79 bits per heavy atom. The third kappa shape index (κ3) is 3.03. The number of hydrogen-bond donors (Lipinski definition) is 1. The molecule has 2 aliphatic rings. The van der Waals surface area contributed by atoms with E-state index in [1.807, 2.05) is 18.2 Å². The van der Waals surface area contributed by atoms with Gasteiger partial charge < -0.3 is 4.74 Å². The lowest BCUT2D eigenvalue weighted by atomic mass is 9.87. The standard InChI is InChI=1S/C18H19NO4S/c1-2-23-18(22)16-15(14(24)9-19-16)13(20)8-11-7-10-5-3-4-6-12(10)17(11)21/h3-6,11,15-16,19H,2,7-9H2,1H3/t11?,15?,16-/m0/s1. The summed E-state index contributed by atoms with van der Waals surface area (Å²) in [5, 5.41) is 2.95. The molecule has 1 aliphatic heterocycles. The van der Waals surface area contributed by atoms with Gasteiger partial charge in [-0.25, -0.2) is 0 Å². The van der Waals surface area contributed by atoms with E-state index in [0.717, 1.165) is 5.56 Å². The molecule has 126 valence electrons. The number of esters is 1. The Balaban J connectivity index is 1.72. The Hall–Kier alpha value is -1.92. The topological polar surface area (TPSA) is 72.5 Å². The first kappa shape index (κ1) is 16.9. The minimum atomic E-state index is -0.733. The molecule has 1 saturated heterocycles. The second-order valence-electron chi connectivity index (χ2n) is 6.15. The van der Waals surface area contributed by atoms with Gasteiger partial charge in [0, 0.05) is 29.3 Å². The quantitative estimate of drug-likeness (QED) is 0.644. The average Bonchev–Trinajstić information content (AvgIpc) is 3.09. The highest BCUT2D eigenvalue weighted by atomic mass is 32.1. The molecule has 5 nitrogen and oxygen atoms in total. The van der Waals surface area contributed by atoms with Crippen LogP contribution in [0.25, 0.3) is 0 Å². The number of fused-ring (bicyclic) bond motifs is 1. The van der Waals surface area contributed by atoms with E-state index in [0.29, 0.717) is 23.4 Å². The molecular formula is C18H19NO4S. The first-order valence-electron chi connectivity index (χ1n) is 8.10. The van der Waals surface area contributed by atoms with E-state index in [1.165, 1.54) is 0 Å². The predicted octanol–water partition coefficient (Wildman–Crippen LogP) is 1.52. The number of benzene rings is 1. The van der Waals surface area contributed by atoms with Crippen LogP contribution in [0.4, 0.5) is 0 Å². The van der Waals surface area contributed by atoms with Gasteiger partial charge in [-0.3, -0.25) is 19.7 Å². The van der Waals surface area contributed by atoms with Gasteiger partial charge in [-0.15, -0.1) is 0 Å². The summed E-state index contributed by atoms with van der Waals surface area (Å²) in [6.45, 7) is 2.31. The summed E-state index contributed by atoms with van der Waals surface area (Å²) in [5.74, 6) is -1.66. The number of ketones is 2. The van der Waals surface area contributed by atoms with Crippen molar-refractivity contribution in [2.45, 2.75) is 25.8 Å². The summed E-state index contributed by atoms with van der Waals surface area (Å²) in [5.41, 5.74) is 1.68. The van der Waals surface area contributed by atoms with Crippen molar-refractivity contribution in [1.29, 1.82) is 0 Å². The van der Waals surface area contributed by atoms with Gasteiger partial charge in [0.05, 0.1) is 12.5 Å². The maximum atomic E-state index is 12.7. The summed E-state index contributed by atoms with van der Waals surface area (Å²) in [7, 11) is 0. The predicted molar refractivity (Wildman–Crippen MR) is 92.1 cm³/mol. The zero-order valence-corrected chi connectivity index (χ0v) is 14.2. The fourth-order valence-electron chi connectivity index (χ4n) is 3.49. The Kier molecular flexibility index (Phi) is 4.87. The summed E-state index contributed by atoms with van der Waals surface area (Å²) < 4.78 is 5.02. The molecule has 24 heavy (non-hydrogen) atoms. The number of carbonyl (C=O) groups is 3. The molecule has 1 heterocycles. The number of ether oxygens (including phenoxy) is 1. The smallest absolute Gasteiger partial charge is 0.324 e. The van der Waals surface area contributed by atoms with Gasteiger partial charge >= 0.3 is 5.97 Å². The van der Waals surface area contributed by atoms with E-state index in [4.69, 9.17) is 17.0 Å². The van der Waals surface area contributed by atoms with Crippen molar-refractivity contribution in [3.63, 3.8) is 0 Å². The molecule has 1 aromatic rings. The van der Waals surface area contributed by atoms with E-state index in [-0.39, 0.29) is 30.5 Å². The molecule has 0 amide bonds. The third-order valence-corrected chi connectivity index (χ3v) is 5.03. The van der Waals surface area contributed by atoms with Gasteiger partial charge in [0.25, 0.3) is 0 Å². The molecule has 0 bridgehead atoms. The Bertz CT molecular complexity index is 715. The van der Waals surface area contributed by atoms with E-state index < -0.39 is 17.9 Å². The fraction of sp³-hybridized carbons (Fsp3) is 0.444. The van der Waals surface area contributed by atoms with Crippen molar-refractivity contribution in [3.05, 3.63) is 35.4 Å². The molecule has 0 spiro atoms. The van der Waals surface area contributed by atoms with Crippen LogP contribution >= 0.6 is 12.2 Å². The van der Waals surface area contributed by atoms with Crippen LogP contribution < -0.4 is 5.32 Å². The van der Waals surface area contributed by atoms with E-state index in [2.05, 4.69) is 5.32 Å². The van der Waals surface area contributed by atoms with Gasteiger partial charge in [0.2, 0.25) is 0 Å². The summed E-state index contributed by atoms with van der Waals surface area (Å²) in [6.07, 6.45) is 0.674. The number of nitrogens with one attached hydrogen (secondary N) is 1. The maximum Gasteiger partial charge on any atom is 0.324 e. The van der Waals surface area contributed by atoms with Crippen molar-refractivity contribution < 1.29 is 19.1 Å². The molecule has 1 aromatic carbocycles. The van der Waals surface area contributed by atoms with E-state index >= 15 is 0 Å². The van der Waals surface area contributed by atoms with Crippen molar-refractivity contribution in [2.75, 3.05) is 13.2 Å². The highest BCUT2D eigenvalue weighted by Gasteiger charge is 2.43. The molecule has 1 fully saturated rings. The van der Waals surface area contributed by atoms with Crippen molar-refractivity contribution in [2.24, 2.45) is 11.8 Å². The van der Waals surface area contributed by atoms with Gasteiger partial charge in [-0.05, 0) is 18.9 Å². The number of thiocarbonyl (C=S) groups is 1. The highest BCUT2D eigenvalue weighted by molar-refractivity contribution is 7.80. The Morgan fingerprint density at radius 2 is 2.08 bits per heavy atom. The van der Waals surface area contributed by atoms with Crippen LogP contribution in [0.2, 0.25) is 0 Å². The van der Waals surface area contributed by atoms with Crippen LogP contribution in [0, 0.1) is 11.8 Å². The number of rotatable bonds is 5. The largest absolute Gasteiger partial charge is 0.465 e. The first-order valence-corrected chi connectivity index (χ1v) is 8.51. The number of carbonyl (C=O) groups excluding carboxylic acids is 3. The Morgan fingerprint density at radius 1 is 1.33 bits per heavy atom. The molecule has 0 radical (unpaired) electrons. The first-order chi connectivity index (χ1) is 11.5. The SMILES string of the molecule is CCOC(=O)[C@H]1NCC(=S)C1C(=O)CC1Cc2ccccc2C1=O. The van der Waals surface area contributed by atoms with E-state index in [9.17, 15) is 14.4 Å². The number of hydrogen-bond acceptors (Lipinski definition) is 6. The molecule has 6 heteroatoms. The number of Topliss-reactive ketones (excluding diaryl/α,β-unsaturated/α-hetero) is 2. The zero-order chi connectivity index (χ0) is 17.3. The minimum Gasteiger partial charge on any atom is -0.465 e. The summed E-state index contributed by atoms with van der Waals surface area (Å²) >= 11 is 5.26. The van der Waals surface area contributed by atoms with Crippen LogP contribution in [0.1, 0.15) is 29.3 Å². The maximum absolute atomic E-state index is 12.7. The minimum absolute atomic E-state index is 0.00325. The molecular weight excluding hydrogens is 326 g/mol. The van der Waals surface area contributed by atoms with Crippen molar-refractivity contribution >= 4 is 34.6 Å². The summed E-state index contributed by atoms with van der Waals surface area (Å²) in [6, 6.07) is 6.70. The van der Waals surface area contributed by atoms with Crippen LogP contribution in [0.15, 0.2) is 24.3 Å². The molecule has 0 saturated carbocycles. The second-order valence-corrected chi connectivity index (χ2v) is 6.67. The van der Waals surface area contributed by atoms with Crippen LogP contribution in [0.5, 0.6) is 0 Å². The zero-order valence-electron chi connectivity index (χ0n) is 13.4. The molecule has 1 aliphatic carbocycles. The average molecular weight is 345 g/mol. The van der Waals surface area contributed by atoms with Gasteiger partial charge in [0.15, 0.2) is 5.78 Å². The van der Waals surface area contributed by atoms with Crippen LogP contribution in [-0.4, -0.2) is 41.6 Å². The molecule has 2 unspecified atom stereocenters. The Labute approximate surface area is 145 Å². The van der Waals surface area contributed by atoms with Crippen LogP contribution in [-0.2, 0) is 20.7 Å². The summed E-state index contributed by atoms with van der Waals surface area (Å²) in [4.78, 5) is 37.7. The van der Waals surface area contributed by atoms with Crippen molar-refractivity contribution in [1.82, 2.24) is 5.32 Å². The second kappa shape index (κ2) is 6.91. The monoisotopic (exact) mass is 345 g/mol. The lowest BCUT2D eigenvalue weighted by Crippen LogP contribution is -2.41. The van der Waals surface area contributed by atoms with Crippen LogP contribution in [0.3, 0.4) is 0 Å². The van der Waals surface area contributed by atoms with Crippen molar-refractivity contribution in [3.8, 4) is 0 Å². The molecule has 3 atom stereocenters. The highest BCUT2D eigenvalue weighted by Crippen LogP contribution is 2.30.